The first-order valence-electron chi connectivity index (χ1n) is 42.3. The second kappa shape index (κ2) is 30.4. The number of hydrogen-bond donors (Lipinski definition) is 0. The van der Waals surface area contributed by atoms with Gasteiger partial charge in [-0.05, 0) is 252 Å². The van der Waals surface area contributed by atoms with Crippen molar-refractivity contribution in [2.45, 2.75) is 283 Å². The molecule has 0 unspecified atom stereocenters. The molecule has 0 N–H and O–H groups in total. The van der Waals surface area contributed by atoms with Crippen molar-refractivity contribution in [1.29, 1.82) is 0 Å². The molecule has 4 saturated carbocycles. The van der Waals surface area contributed by atoms with Crippen LogP contribution >= 0.6 is 0 Å². The van der Waals surface area contributed by atoms with Crippen molar-refractivity contribution in [1.82, 2.24) is 0 Å². The summed E-state index contributed by atoms with van der Waals surface area (Å²) in [6.07, 6.45) is 26.2. The highest BCUT2D eigenvalue weighted by Gasteiger charge is 2.34. The highest BCUT2D eigenvalue weighted by atomic mass is 15.2. The molecule has 0 amide bonds. The number of hydrogen-bond acceptors (Lipinski definition) is 2. The summed E-state index contributed by atoms with van der Waals surface area (Å²) in [5.41, 5.74) is 28.7. The third-order valence-electron chi connectivity index (χ3n) is 25.8. The minimum absolute atomic E-state index is 0.152. The van der Waals surface area contributed by atoms with Crippen LogP contribution in [-0.2, 0) is 27.1 Å². The van der Waals surface area contributed by atoms with Crippen molar-refractivity contribution in [3.05, 3.63) is 262 Å². The Labute approximate surface area is 651 Å². The molecule has 0 spiro atoms. The summed E-state index contributed by atoms with van der Waals surface area (Å²) in [4.78, 5) is 5.48. The minimum Gasteiger partial charge on any atom is -0.309 e. The lowest BCUT2D eigenvalue weighted by Crippen LogP contribution is -2.21. The largest absolute Gasteiger partial charge is 0.309 e. The van der Waals surface area contributed by atoms with Gasteiger partial charge in [0.2, 0.25) is 0 Å². The van der Waals surface area contributed by atoms with Crippen LogP contribution in [0.15, 0.2) is 212 Å². The Hall–Kier alpha value is -8.46. The molecule has 4 fully saturated rings. The van der Waals surface area contributed by atoms with E-state index >= 15 is 0 Å². The fourth-order valence-corrected chi connectivity index (χ4v) is 18.8. The molecule has 0 heterocycles. The van der Waals surface area contributed by atoms with E-state index in [1.807, 2.05) is 0 Å². The molecule has 0 aliphatic heterocycles. The Morgan fingerprint density at radius 3 is 0.889 bits per heavy atom. The molecule has 11 aromatic rings. The maximum Gasteiger partial charge on any atom is 0.0620 e. The van der Waals surface area contributed by atoms with E-state index in [-0.39, 0.29) is 27.1 Å². The van der Waals surface area contributed by atoms with E-state index < -0.39 is 0 Å². The quantitative estimate of drug-likeness (QED) is 0.0791. The molecule has 108 heavy (non-hydrogen) atoms. The Morgan fingerprint density at radius 2 is 0.528 bits per heavy atom. The van der Waals surface area contributed by atoms with Crippen molar-refractivity contribution in [3.8, 4) is 44.5 Å². The van der Waals surface area contributed by atoms with E-state index in [2.05, 4.69) is 326 Å². The van der Waals surface area contributed by atoms with E-state index in [4.69, 9.17) is 0 Å². The van der Waals surface area contributed by atoms with E-state index in [1.54, 1.807) is 0 Å². The molecule has 0 radical (unpaired) electrons. The van der Waals surface area contributed by atoms with Gasteiger partial charge in [-0.1, -0.05) is 333 Å². The lowest BCUT2D eigenvalue weighted by Gasteiger charge is -2.36. The Bertz CT molecular complexity index is 4840. The van der Waals surface area contributed by atoms with Gasteiger partial charge in [0.25, 0.3) is 0 Å². The van der Waals surface area contributed by atoms with Gasteiger partial charge in [-0.2, -0.15) is 0 Å². The van der Waals surface area contributed by atoms with Crippen LogP contribution in [0.5, 0.6) is 0 Å². The van der Waals surface area contributed by atoms with Crippen LogP contribution in [-0.4, -0.2) is 0 Å². The third-order valence-corrected chi connectivity index (χ3v) is 25.8. The van der Waals surface area contributed by atoms with Crippen molar-refractivity contribution in [2.75, 3.05) is 9.80 Å². The van der Waals surface area contributed by atoms with Gasteiger partial charge in [-0.15, -0.1) is 0 Å². The average molecular weight is 1430 g/mol. The van der Waals surface area contributed by atoms with E-state index in [1.165, 1.54) is 273 Å². The van der Waals surface area contributed by atoms with Crippen molar-refractivity contribution in [3.63, 3.8) is 0 Å². The fourth-order valence-electron chi connectivity index (χ4n) is 18.8. The molecule has 2 heteroatoms. The van der Waals surface area contributed by atoms with Gasteiger partial charge in [0.05, 0.1) is 17.1 Å². The molecule has 558 valence electrons. The number of benzene rings is 11. The molecule has 0 saturated heterocycles. The number of anilines is 6. The molecular weight excluding hydrogens is 1300 g/mol. The Morgan fingerprint density at radius 1 is 0.222 bits per heavy atom. The Kier molecular flexibility index (Phi) is 21.1. The summed E-state index contributed by atoms with van der Waals surface area (Å²) in [5.74, 6) is 2.49. The highest BCUT2D eigenvalue weighted by Crippen LogP contribution is 2.56. The third kappa shape index (κ3) is 16.0. The molecular formula is C106H124N2. The Balaban J connectivity index is 1.05. The van der Waals surface area contributed by atoms with E-state index in [9.17, 15) is 0 Å². The highest BCUT2D eigenvalue weighted by molar-refractivity contribution is 6.24. The topological polar surface area (TPSA) is 6.48 Å². The zero-order chi connectivity index (χ0) is 75.4. The molecule has 4 aliphatic carbocycles. The van der Waals surface area contributed by atoms with Gasteiger partial charge < -0.3 is 9.80 Å². The summed E-state index contributed by atoms with van der Waals surface area (Å²) in [7, 11) is 0. The van der Waals surface area contributed by atoms with Crippen molar-refractivity contribution < 1.29 is 0 Å². The van der Waals surface area contributed by atoms with E-state index in [0.29, 0.717) is 23.7 Å². The van der Waals surface area contributed by atoms with Crippen LogP contribution in [0.2, 0.25) is 0 Å². The lowest BCUT2D eigenvalue weighted by molar-refractivity contribution is 0.443. The van der Waals surface area contributed by atoms with Gasteiger partial charge in [0.1, 0.15) is 0 Å². The maximum absolute atomic E-state index is 2.75. The van der Waals surface area contributed by atoms with Gasteiger partial charge in [-0.3, -0.25) is 0 Å². The maximum atomic E-state index is 2.75. The number of rotatable bonds is 14. The van der Waals surface area contributed by atoms with Crippen molar-refractivity contribution in [2.24, 2.45) is 0 Å². The molecule has 4 aliphatic rings. The van der Waals surface area contributed by atoms with E-state index in [0.717, 1.165) is 5.69 Å². The lowest BCUT2D eigenvalue weighted by atomic mass is 9.80. The number of nitrogens with zero attached hydrogens (tertiary/aromatic N) is 2. The summed E-state index contributed by atoms with van der Waals surface area (Å²) in [5, 5.41) is 4.82. The minimum atomic E-state index is -0.183. The molecule has 0 aromatic heterocycles. The standard InChI is InChI=1S/C106H124N2/c1-102(2,3)86-57-58-96-98(70-86)101(108(93-68-89(105(10,11)12)65-90(69-93)106(13,14)15)99-59-56-83(79-46-40-75(41-47-79)71-30-20-16-21-31-71)63-97(99)82-54-52-78(53-55-82)74-36-26-19-27-37-74)95-39-29-28-38-94(95)100(96)107(92-66-87(103(4,5)6)64-88(67-92)104(7,8)9)91-61-84(80-48-42-76(43-49-80)72-32-22-17-23-33-72)60-85(62-91)81-50-44-77(45-51-81)73-34-24-18-25-35-73/h28-29,38-74H,16-27,30-37H2,1-15H3. The second-order valence-electron chi connectivity index (χ2n) is 38.8. The number of fused-ring (bicyclic) bond motifs is 2. The van der Waals surface area contributed by atoms with Gasteiger partial charge in [-0.25, -0.2) is 0 Å². The average Bonchev–Trinajstić information content (AvgIpc) is 0.711. The smallest absolute Gasteiger partial charge is 0.0620 e. The zero-order valence-corrected chi connectivity index (χ0v) is 68.6. The molecule has 0 atom stereocenters. The van der Waals surface area contributed by atoms with Crippen LogP contribution in [0.4, 0.5) is 34.1 Å². The summed E-state index contributed by atoms with van der Waals surface area (Å²) >= 11 is 0. The summed E-state index contributed by atoms with van der Waals surface area (Å²) in [6, 6.07) is 86.9. The fraction of sp³-hybridized carbons (Fsp3) is 0.415. The monoisotopic (exact) mass is 1420 g/mol. The summed E-state index contributed by atoms with van der Waals surface area (Å²) in [6.45, 7) is 36.0. The molecule has 0 bridgehead atoms. The molecule has 11 aromatic carbocycles. The first-order valence-corrected chi connectivity index (χ1v) is 42.3. The van der Waals surface area contributed by atoms with Crippen LogP contribution in [0.25, 0.3) is 66.1 Å². The van der Waals surface area contributed by atoms with Crippen LogP contribution in [0.1, 0.15) is 306 Å². The van der Waals surface area contributed by atoms with Gasteiger partial charge in [0.15, 0.2) is 0 Å². The normalized spacial score (nSPS) is 16.5. The van der Waals surface area contributed by atoms with Crippen LogP contribution in [0, 0.1) is 0 Å². The van der Waals surface area contributed by atoms with Gasteiger partial charge >= 0.3 is 0 Å². The zero-order valence-electron chi connectivity index (χ0n) is 68.6. The van der Waals surface area contributed by atoms with Crippen LogP contribution in [0.3, 0.4) is 0 Å². The van der Waals surface area contributed by atoms with Crippen LogP contribution < -0.4 is 9.80 Å². The molecule has 2 nitrogen and oxygen atoms in total. The van der Waals surface area contributed by atoms with Gasteiger partial charge in [0, 0.05) is 44.2 Å². The SMILES string of the molecule is CC(C)(C)c1cc(N(c2cc(-c3ccc(C4CCCCC4)cc3)cc(-c3ccc(C4CCCCC4)cc3)c2)c2c3ccccc3c(N(c3cc(C(C)(C)C)cc(C(C)(C)C)c3)c3ccc(-c4ccc(C5CCCCC5)cc4)cc3-c3ccc(C4CCCCC4)cc3)c3cc(C(C)(C)C)ccc23)cc(C(C)(C)C)c1. The molecule has 15 rings (SSSR count). The first-order chi connectivity index (χ1) is 51.7. The summed E-state index contributed by atoms with van der Waals surface area (Å²) < 4.78 is 0. The van der Waals surface area contributed by atoms with Crippen molar-refractivity contribution >= 4 is 55.7 Å². The second-order valence-corrected chi connectivity index (χ2v) is 38.8. The predicted octanol–water partition coefficient (Wildman–Crippen LogP) is 32.3. The first kappa shape index (κ1) is 75.0. The predicted molar refractivity (Wildman–Crippen MR) is 469 cm³/mol.